The molecule has 1 saturated carbocycles. The Morgan fingerprint density at radius 2 is 1.84 bits per heavy atom. The summed E-state index contributed by atoms with van der Waals surface area (Å²) in [6.07, 6.45) is -3.29. The summed E-state index contributed by atoms with van der Waals surface area (Å²) in [6, 6.07) is 2.21. The Kier molecular flexibility index (Phi) is 6.93. The molecule has 1 fully saturated rings. The van der Waals surface area contributed by atoms with E-state index in [1.165, 1.54) is 18.2 Å². The topological polar surface area (TPSA) is 148 Å². The van der Waals surface area contributed by atoms with Crippen molar-refractivity contribution >= 4 is 17.7 Å². The van der Waals surface area contributed by atoms with Gasteiger partial charge in [-0.15, -0.1) is 0 Å². The molecule has 5 N–H and O–H groups in total. The number of nitrogens with zero attached hydrogens (tertiary/aromatic N) is 2. The van der Waals surface area contributed by atoms with Crippen molar-refractivity contribution in [1.29, 1.82) is 0 Å². The van der Waals surface area contributed by atoms with Crippen LogP contribution in [-0.4, -0.2) is 49.8 Å². The molecule has 0 bridgehead atoms. The number of fused-ring (bicyclic) bond motifs is 1. The van der Waals surface area contributed by atoms with Crippen molar-refractivity contribution in [3.8, 4) is 5.69 Å². The van der Waals surface area contributed by atoms with Crippen LogP contribution in [0.2, 0.25) is 0 Å². The fourth-order valence-electron chi connectivity index (χ4n) is 5.28. The van der Waals surface area contributed by atoms with Crippen LogP contribution >= 0.6 is 0 Å². The van der Waals surface area contributed by atoms with E-state index in [9.17, 15) is 37.8 Å². The SMILES string of the molecule is CC1(C)CC(=O)c2c(C(F)(F)F)nn(-c3ccc(C(N)=O)c(C(NC4CCC(O)CC4)C(=O)O)c3)c2C1. The van der Waals surface area contributed by atoms with E-state index in [1.807, 2.05) is 0 Å². The van der Waals surface area contributed by atoms with Crippen LogP contribution in [0.4, 0.5) is 13.2 Å². The fourth-order valence-corrected chi connectivity index (χ4v) is 5.28. The number of halogens is 3. The van der Waals surface area contributed by atoms with Gasteiger partial charge in [0.15, 0.2) is 11.5 Å². The quantitative estimate of drug-likeness (QED) is 0.456. The minimum absolute atomic E-state index is 0.0252. The first-order valence-corrected chi connectivity index (χ1v) is 12.0. The van der Waals surface area contributed by atoms with Gasteiger partial charge in [-0.1, -0.05) is 13.8 Å². The van der Waals surface area contributed by atoms with Crippen LogP contribution in [0, 0.1) is 5.41 Å². The summed E-state index contributed by atoms with van der Waals surface area (Å²) >= 11 is 0. The van der Waals surface area contributed by atoms with E-state index >= 15 is 0 Å². The third kappa shape index (κ3) is 5.40. The summed E-state index contributed by atoms with van der Waals surface area (Å²) in [7, 11) is 0. The number of ketones is 1. The Morgan fingerprint density at radius 1 is 1.19 bits per heavy atom. The Morgan fingerprint density at radius 3 is 2.41 bits per heavy atom. The number of rotatable bonds is 6. The summed E-state index contributed by atoms with van der Waals surface area (Å²) in [5.41, 5.74) is 3.14. The first kappa shape index (κ1) is 26.8. The van der Waals surface area contributed by atoms with Gasteiger partial charge >= 0.3 is 12.1 Å². The Bertz CT molecular complexity index is 1250. The smallest absolute Gasteiger partial charge is 0.435 e. The Labute approximate surface area is 210 Å². The van der Waals surface area contributed by atoms with Crippen LogP contribution in [0.15, 0.2) is 18.2 Å². The summed E-state index contributed by atoms with van der Waals surface area (Å²) in [5.74, 6) is -2.87. The lowest BCUT2D eigenvalue weighted by Gasteiger charge is -2.30. The van der Waals surface area contributed by atoms with Crippen molar-refractivity contribution in [1.82, 2.24) is 15.1 Å². The Hall–Kier alpha value is -3.25. The summed E-state index contributed by atoms with van der Waals surface area (Å²) < 4.78 is 42.6. The number of amides is 1. The lowest BCUT2D eigenvalue weighted by molar-refractivity contribution is -0.142. The molecule has 0 spiro atoms. The van der Waals surface area contributed by atoms with Crippen LogP contribution in [-0.2, 0) is 17.4 Å². The predicted octanol–water partition coefficient (Wildman–Crippen LogP) is 3.16. The van der Waals surface area contributed by atoms with Crippen molar-refractivity contribution in [2.45, 2.75) is 76.7 Å². The van der Waals surface area contributed by atoms with Crippen molar-refractivity contribution in [2.24, 2.45) is 11.1 Å². The maximum absolute atomic E-state index is 13.8. The zero-order chi connectivity index (χ0) is 27.3. The number of nitrogens with two attached hydrogens (primary N) is 1. The van der Waals surface area contributed by atoms with E-state index in [-0.39, 0.29) is 41.4 Å². The Balaban J connectivity index is 1.85. The molecule has 37 heavy (non-hydrogen) atoms. The monoisotopic (exact) mass is 522 g/mol. The molecule has 12 heteroatoms. The molecule has 9 nitrogen and oxygen atoms in total. The number of benzene rings is 1. The van der Waals surface area contributed by atoms with Gasteiger partial charge in [-0.25, -0.2) is 4.68 Å². The van der Waals surface area contributed by atoms with Crippen LogP contribution in [0.1, 0.15) is 89.7 Å². The van der Waals surface area contributed by atoms with E-state index in [4.69, 9.17) is 5.73 Å². The summed E-state index contributed by atoms with van der Waals surface area (Å²) in [6.45, 7) is 3.54. The molecule has 1 aromatic heterocycles. The molecule has 1 atom stereocenters. The van der Waals surface area contributed by atoms with E-state index in [2.05, 4.69) is 10.4 Å². The van der Waals surface area contributed by atoms with Crippen molar-refractivity contribution < 1.29 is 37.8 Å². The number of carbonyl (C=O) groups is 3. The molecule has 1 unspecified atom stereocenters. The van der Waals surface area contributed by atoms with Crippen LogP contribution in [0.25, 0.3) is 5.69 Å². The number of hydrogen-bond acceptors (Lipinski definition) is 6. The highest BCUT2D eigenvalue weighted by atomic mass is 19.4. The zero-order valence-electron chi connectivity index (χ0n) is 20.4. The maximum Gasteiger partial charge on any atom is 0.435 e. The molecule has 2 aliphatic carbocycles. The number of carboxylic acids is 1. The van der Waals surface area contributed by atoms with Crippen LogP contribution in [0.5, 0.6) is 0 Å². The predicted molar refractivity (Wildman–Crippen MR) is 125 cm³/mol. The van der Waals surface area contributed by atoms with Crippen molar-refractivity contribution in [3.05, 3.63) is 46.3 Å². The molecule has 2 aromatic rings. The lowest BCUT2D eigenvalue weighted by Crippen LogP contribution is -2.41. The van der Waals surface area contributed by atoms with Crippen molar-refractivity contribution in [2.75, 3.05) is 0 Å². The number of alkyl halides is 3. The number of hydrogen-bond donors (Lipinski definition) is 4. The van der Waals surface area contributed by atoms with E-state index < -0.39 is 52.7 Å². The van der Waals surface area contributed by atoms with E-state index in [0.29, 0.717) is 25.7 Å². The van der Waals surface area contributed by atoms with Gasteiger partial charge in [0.2, 0.25) is 5.91 Å². The first-order chi connectivity index (χ1) is 17.2. The van der Waals surface area contributed by atoms with Gasteiger partial charge < -0.3 is 15.9 Å². The number of Topliss-reactive ketones (excluding diaryl/α,β-unsaturated/α-hetero) is 1. The number of aliphatic hydroxyl groups is 1. The molecule has 1 aromatic carbocycles. The molecule has 4 rings (SSSR count). The molecular formula is C25H29F3N4O5. The molecule has 2 aliphatic rings. The largest absolute Gasteiger partial charge is 0.480 e. The second-order valence-corrected chi connectivity index (χ2v) is 10.6. The van der Waals surface area contributed by atoms with Gasteiger partial charge in [0, 0.05) is 18.0 Å². The van der Waals surface area contributed by atoms with Gasteiger partial charge in [-0.3, -0.25) is 19.7 Å². The molecular weight excluding hydrogens is 493 g/mol. The zero-order valence-corrected chi connectivity index (χ0v) is 20.4. The number of aliphatic carboxylic acids is 1. The second kappa shape index (κ2) is 9.56. The third-order valence-corrected chi connectivity index (χ3v) is 7.02. The molecule has 1 heterocycles. The standard InChI is InChI=1S/C25H29F3N4O5/c1-24(2)10-17-19(18(34)11-24)21(25(26,27)28)31-32(17)13-5-8-15(22(29)35)16(9-13)20(23(36)37)30-12-3-6-14(33)7-4-12/h5,8-9,12,14,20,30,33H,3-4,6-7,10-11H2,1-2H3,(H2,29,35)(H,36,37). The maximum atomic E-state index is 13.8. The van der Waals surface area contributed by atoms with E-state index in [1.54, 1.807) is 13.8 Å². The highest BCUT2D eigenvalue weighted by molar-refractivity contribution is 6.00. The molecule has 0 saturated heterocycles. The number of carboxylic acid groups (broad SMARTS) is 1. The van der Waals surface area contributed by atoms with Crippen molar-refractivity contribution in [3.63, 3.8) is 0 Å². The highest BCUT2D eigenvalue weighted by Gasteiger charge is 2.45. The van der Waals surface area contributed by atoms with Crippen LogP contribution < -0.4 is 11.1 Å². The van der Waals surface area contributed by atoms with Gasteiger partial charge in [0.1, 0.15) is 6.04 Å². The van der Waals surface area contributed by atoms with Gasteiger partial charge in [0.05, 0.1) is 23.0 Å². The summed E-state index contributed by atoms with van der Waals surface area (Å²) in [5, 5.41) is 26.5. The van der Waals surface area contributed by atoms with Crippen LogP contribution in [0.3, 0.4) is 0 Å². The minimum atomic E-state index is -4.88. The lowest BCUT2D eigenvalue weighted by atomic mass is 9.75. The highest BCUT2D eigenvalue weighted by Crippen LogP contribution is 2.42. The average Bonchev–Trinajstić information content (AvgIpc) is 3.17. The first-order valence-electron chi connectivity index (χ1n) is 12.0. The number of nitrogens with one attached hydrogen (secondary N) is 1. The number of primary amides is 1. The van der Waals surface area contributed by atoms with Gasteiger partial charge in [-0.2, -0.15) is 18.3 Å². The number of carbonyl (C=O) groups excluding carboxylic acids is 2. The minimum Gasteiger partial charge on any atom is -0.480 e. The molecule has 200 valence electrons. The fraction of sp³-hybridized carbons (Fsp3) is 0.520. The molecule has 0 aliphatic heterocycles. The summed E-state index contributed by atoms with van der Waals surface area (Å²) in [4.78, 5) is 37.2. The third-order valence-electron chi connectivity index (χ3n) is 7.02. The van der Waals surface area contributed by atoms with Gasteiger partial charge in [-0.05, 0) is 61.3 Å². The molecule has 1 amide bonds. The normalized spacial score (nSPS) is 22.4. The number of aliphatic hydroxyl groups excluding tert-OH is 1. The van der Waals surface area contributed by atoms with E-state index in [0.717, 1.165) is 4.68 Å². The molecule has 0 radical (unpaired) electrons. The average molecular weight is 523 g/mol. The van der Waals surface area contributed by atoms with Gasteiger partial charge in [0.25, 0.3) is 0 Å². The number of aromatic nitrogens is 2. The second-order valence-electron chi connectivity index (χ2n) is 10.6.